The van der Waals surface area contributed by atoms with Crippen LogP contribution >= 0.6 is 0 Å². The van der Waals surface area contributed by atoms with Crippen LogP contribution in [-0.4, -0.2) is 79.1 Å². The minimum Gasteiger partial charge on any atom is -0.467 e. The zero-order valence-electron chi connectivity index (χ0n) is 13.8. The molecule has 1 aliphatic rings. The van der Waals surface area contributed by atoms with Gasteiger partial charge in [0.25, 0.3) is 0 Å². The summed E-state index contributed by atoms with van der Waals surface area (Å²) in [4.78, 5) is 37.2. The molecule has 1 saturated heterocycles. The van der Waals surface area contributed by atoms with E-state index in [1.165, 1.54) is 4.90 Å². The van der Waals surface area contributed by atoms with Crippen molar-refractivity contribution in [1.29, 1.82) is 0 Å². The standard InChI is InChI=1S/C14H24N2O7/c1-14(2,3)23-13(20)16-5-6-22-8-10(16)11(18)15-9(7-17)12(19)21-4/h9-10,17H,5-8H2,1-4H3,(H,15,18)/t9-,10?/m1/s1. The summed E-state index contributed by atoms with van der Waals surface area (Å²) < 4.78 is 15.0. The largest absolute Gasteiger partial charge is 0.467 e. The van der Waals surface area contributed by atoms with Gasteiger partial charge in [0, 0.05) is 6.54 Å². The van der Waals surface area contributed by atoms with Crippen LogP contribution < -0.4 is 5.32 Å². The first kappa shape index (κ1) is 19.2. The van der Waals surface area contributed by atoms with E-state index in [4.69, 9.17) is 14.6 Å². The van der Waals surface area contributed by atoms with Crippen LogP contribution in [0.3, 0.4) is 0 Å². The van der Waals surface area contributed by atoms with E-state index < -0.39 is 42.3 Å². The number of hydrogen-bond acceptors (Lipinski definition) is 7. The molecule has 1 rings (SSSR count). The van der Waals surface area contributed by atoms with Crippen LogP contribution in [0.5, 0.6) is 0 Å². The van der Waals surface area contributed by atoms with Gasteiger partial charge in [-0.15, -0.1) is 0 Å². The molecule has 0 aromatic rings. The summed E-state index contributed by atoms with van der Waals surface area (Å²) >= 11 is 0. The van der Waals surface area contributed by atoms with Gasteiger partial charge in [0.2, 0.25) is 5.91 Å². The maximum atomic E-state index is 12.3. The number of aliphatic hydroxyl groups excluding tert-OH is 1. The lowest BCUT2D eigenvalue weighted by molar-refractivity contribution is -0.147. The third-order valence-corrected chi connectivity index (χ3v) is 3.04. The average molecular weight is 332 g/mol. The number of esters is 1. The molecule has 2 N–H and O–H groups in total. The van der Waals surface area contributed by atoms with Gasteiger partial charge in [-0.25, -0.2) is 9.59 Å². The van der Waals surface area contributed by atoms with Crippen molar-refractivity contribution < 1.29 is 33.7 Å². The monoisotopic (exact) mass is 332 g/mol. The molecule has 9 heteroatoms. The summed E-state index contributed by atoms with van der Waals surface area (Å²) in [6.45, 7) is 5.00. The number of methoxy groups -OCH3 is 1. The highest BCUT2D eigenvalue weighted by Crippen LogP contribution is 2.15. The number of hydrogen-bond donors (Lipinski definition) is 2. The van der Waals surface area contributed by atoms with Gasteiger partial charge in [0.15, 0.2) is 6.04 Å². The Balaban J connectivity index is 2.78. The fourth-order valence-corrected chi connectivity index (χ4v) is 1.95. The topological polar surface area (TPSA) is 114 Å². The summed E-state index contributed by atoms with van der Waals surface area (Å²) in [6, 6.07) is -2.15. The molecule has 23 heavy (non-hydrogen) atoms. The lowest BCUT2D eigenvalue weighted by Crippen LogP contribution is -2.59. The van der Waals surface area contributed by atoms with Crippen molar-refractivity contribution in [3.05, 3.63) is 0 Å². The van der Waals surface area contributed by atoms with Crippen LogP contribution in [0.2, 0.25) is 0 Å². The SMILES string of the molecule is COC(=O)[C@@H](CO)NC(=O)C1COCCN1C(=O)OC(C)(C)C. The van der Waals surface area contributed by atoms with Crippen LogP contribution in [-0.2, 0) is 23.8 Å². The number of morpholine rings is 1. The molecule has 0 bridgehead atoms. The first-order valence-corrected chi connectivity index (χ1v) is 7.26. The fourth-order valence-electron chi connectivity index (χ4n) is 1.95. The van der Waals surface area contributed by atoms with E-state index in [2.05, 4.69) is 10.1 Å². The Morgan fingerprint density at radius 3 is 2.57 bits per heavy atom. The van der Waals surface area contributed by atoms with E-state index in [1.807, 2.05) is 0 Å². The molecular formula is C14H24N2O7. The van der Waals surface area contributed by atoms with Gasteiger partial charge in [-0.05, 0) is 20.8 Å². The summed E-state index contributed by atoms with van der Waals surface area (Å²) in [5.41, 5.74) is -0.698. The second-order valence-electron chi connectivity index (χ2n) is 6.03. The second kappa shape index (κ2) is 8.11. The van der Waals surface area contributed by atoms with Crippen LogP contribution in [0.1, 0.15) is 20.8 Å². The Labute approximate surface area is 134 Å². The summed E-state index contributed by atoms with van der Waals surface area (Å²) in [6.07, 6.45) is -0.639. The molecule has 0 aliphatic carbocycles. The number of rotatable bonds is 4. The van der Waals surface area contributed by atoms with Crippen LogP contribution in [0.15, 0.2) is 0 Å². The quantitative estimate of drug-likeness (QED) is 0.652. The molecule has 2 atom stereocenters. The van der Waals surface area contributed by atoms with Gasteiger partial charge in [-0.2, -0.15) is 0 Å². The predicted octanol–water partition coefficient (Wildman–Crippen LogP) is -0.728. The van der Waals surface area contributed by atoms with Crippen molar-refractivity contribution in [3.63, 3.8) is 0 Å². The Bertz CT molecular complexity index is 447. The lowest BCUT2D eigenvalue weighted by Gasteiger charge is -2.36. The highest BCUT2D eigenvalue weighted by Gasteiger charge is 2.37. The maximum Gasteiger partial charge on any atom is 0.411 e. The Kier molecular flexibility index (Phi) is 6.77. The second-order valence-corrected chi connectivity index (χ2v) is 6.03. The van der Waals surface area contributed by atoms with Crippen molar-refractivity contribution in [2.45, 2.75) is 38.5 Å². The molecule has 1 unspecified atom stereocenters. The smallest absolute Gasteiger partial charge is 0.411 e. The van der Waals surface area contributed by atoms with Crippen molar-refractivity contribution >= 4 is 18.0 Å². The molecule has 0 aromatic heterocycles. The molecule has 0 spiro atoms. The predicted molar refractivity (Wildman–Crippen MR) is 78.6 cm³/mol. The fraction of sp³-hybridized carbons (Fsp3) is 0.786. The number of amides is 2. The Morgan fingerprint density at radius 2 is 2.04 bits per heavy atom. The summed E-state index contributed by atoms with van der Waals surface area (Å²) in [5, 5.41) is 11.5. The average Bonchev–Trinajstić information content (AvgIpc) is 2.49. The zero-order valence-corrected chi connectivity index (χ0v) is 13.8. The van der Waals surface area contributed by atoms with Crippen LogP contribution in [0.4, 0.5) is 4.79 Å². The maximum absolute atomic E-state index is 12.3. The summed E-state index contributed by atoms with van der Waals surface area (Å²) in [7, 11) is 1.15. The van der Waals surface area contributed by atoms with E-state index in [9.17, 15) is 14.4 Å². The number of nitrogens with one attached hydrogen (secondary N) is 1. The van der Waals surface area contributed by atoms with Crippen molar-refractivity contribution in [3.8, 4) is 0 Å². The van der Waals surface area contributed by atoms with Gasteiger partial charge >= 0.3 is 12.1 Å². The van der Waals surface area contributed by atoms with Gasteiger partial charge in [0.05, 0.1) is 26.9 Å². The number of aliphatic hydroxyl groups is 1. The van der Waals surface area contributed by atoms with E-state index in [0.717, 1.165) is 7.11 Å². The number of carbonyl (C=O) groups excluding carboxylic acids is 3. The third kappa shape index (κ3) is 5.68. The van der Waals surface area contributed by atoms with E-state index in [1.54, 1.807) is 20.8 Å². The molecule has 2 amide bonds. The molecule has 0 radical (unpaired) electrons. The van der Waals surface area contributed by atoms with Gasteiger partial charge in [-0.3, -0.25) is 9.69 Å². The van der Waals surface area contributed by atoms with E-state index in [0.29, 0.717) is 0 Å². The number of carbonyl (C=O) groups is 3. The molecule has 1 fully saturated rings. The molecule has 9 nitrogen and oxygen atoms in total. The Morgan fingerprint density at radius 1 is 1.39 bits per heavy atom. The first-order valence-electron chi connectivity index (χ1n) is 7.26. The lowest BCUT2D eigenvalue weighted by atomic mass is 10.2. The molecule has 1 heterocycles. The zero-order chi connectivity index (χ0) is 17.6. The van der Waals surface area contributed by atoms with Gasteiger partial charge < -0.3 is 24.6 Å². The minimum absolute atomic E-state index is 0.0234. The third-order valence-electron chi connectivity index (χ3n) is 3.04. The van der Waals surface area contributed by atoms with E-state index >= 15 is 0 Å². The molecular weight excluding hydrogens is 308 g/mol. The van der Waals surface area contributed by atoms with Crippen molar-refractivity contribution in [1.82, 2.24) is 10.2 Å². The van der Waals surface area contributed by atoms with E-state index in [-0.39, 0.29) is 19.8 Å². The van der Waals surface area contributed by atoms with Crippen LogP contribution in [0, 0.1) is 0 Å². The first-order chi connectivity index (χ1) is 10.7. The van der Waals surface area contributed by atoms with Gasteiger partial charge in [0.1, 0.15) is 11.6 Å². The van der Waals surface area contributed by atoms with Crippen LogP contribution in [0.25, 0.3) is 0 Å². The molecule has 0 saturated carbocycles. The Hall–Kier alpha value is -1.87. The number of ether oxygens (including phenoxy) is 3. The number of nitrogens with zero attached hydrogens (tertiary/aromatic N) is 1. The highest BCUT2D eigenvalue weighted by molar-refractivity contribution is 5.90. The summed E-state index contributed by atoms with van der Waals surface area (Å²) in [5.74, 6) is -1.40. The highest BCUT2D eigenvalue weighted by atomic mass is 16.6. The molecule has 0 aromatic carbocycles. The normalized spacial score (nSPS) is 19.7. The van der Waals surface area contributed by atoms with Gasteiger partial charge in [-0.1, -0.05) is 0 Å². The molecule has 132 valence electrons. The minimum atomic E-state index is -1.20. The molecule has 1 aliphatic heterocycles. The van der Waals surface area contributed by atoms with Crippen molar-refractivity contribution in [2.75, 3.05) is 33.5 Å². The van der Waals surface area contributed by atoms with Crippen molar-refractivity contribution in [2.24, 2.45) is 0 Å².